The lowest BCUT2D eigenvalue weighted by Crippen LogP contribution is -2.40. The van der Waals surface area contributed by atoms with Gasteiger partial charge in [0.1, 0.15) is 23.3 Å². The van der Waals surface area contributed by atoms with Crippen molar-refractivity contribution in [2.45, 2.75) is 19.9 Å². The van der Waals surface area contributed by atoms with E-state index in [0.29, 0.717) is 43.4 Å². The van der Waals surface area contributed by atoms with Crippen LogP contribution >= 0.6 is 11.3 Å². The molecule has 3 aromatic carbocycles. The number of aromatic nitrogens is 1. The molecule has 0 spiro atoms. The summed E-state index contributed by atoms with van der Waals surface area (Å²) in [5, 5.41) is 12.8. The summed E-state index contributed by atoms with van der Waals surface area (Å²) in [6, 6.07) is 20.1. The summed E-state index contributed by atoms with van der Waals surface area (Å²) in [6.07, 6.45) is 1.62. The lowest BCUT2D eigenvalue weighted by Gasteiger charge is -2.27. The second-order valence-corrected chi connectivity index (χ2v) is 10.7. The number of allylic oxidation sites excluding steroid dienone is 1. The first-order chi connectivity index (χ1) is 20.8. The third kappa shape index (κ3) is 4.93. The average Bonchev–Trinajstić information content (AvgIpc) is 3.60. The van der Waals surface area contributed by atoms with Gasteiger partial charge in [0.2, 0.25) is 0 Å². The fourth-order valence-corrected chi connectivity index (χ4v) is 6.29. The minimum atomic E-state index is -0.856. The van der Waals surface area contributed by atoms with Crippen LogP contribution in [0.25, 0.3) is 28.2 Å². The van der Waals surface area contributed by atoms with Gasteiger partial charge in [0.05, 0.1) is 34.4 Å². The molecular formula is C32H25N3O7S. The summed E-state index contributed by atoms with van der Waals surface area (Å²) in [5.74, 6) is 0.873. The van der Waals surface area contributed by atoms with Crippen LogP contribution in [0.5, 0.6) is 5.75 Å². The molecule has 6 rings (SSSR count). The van der Waals surface area contributed by atoms with Gasteiger partial charge in [-0.1, -0.05) is 41.7 Å². The molecule has 0 saturated heterocycles. The van der Waals surface area contributed by atoms with Crippen LogP contribution < -0.4 is 19.6 Å². The fraction of sp³-hybridized carbons (Fsp3) is 0.156. The minimum absolute atomic E-state index is 0.0218. The zero-order valence-electron chi connectivity index (χ0n) is 23.4. The van der Waals surface area contributed by atoms with Crippen molar-refractivity contribution in [1.29, 1.82) is 0 Å². The van der Waals surface area contributed by atoms with Crippen molar-refractivity contribution < 1.29 is 23.6 Å². The first-order valence-corrected chi connectivity index (χ1v) is 14.2. The summed E-state index contributed by atoms with van der Waals surface area (Å²) in [5.41, 5.74) is 1.64. The van der Waals surface area contributed by atoms with Crippen LogP contribution in [0.3, 0.4) is 0 Å². The standard InChI is InChI=1S/C32H25N3O7S/c1-4-41-31(37)27-18(2)33-32-34(29(27)28-23-8-6-5-7-19(23)11-15-25(28)40-3)30(36)26(43-32)17-22-14-16-24(42-22)20-9-12-21(13-10-20)35(38)39/h5-17,29H,4H2,1-3H3/b26-17+/t29-/m1/s1. The first kappa shape index (κ1) is 27.9. The van der Waals surface area contributed by atoms with E-state index in [4.69, 9.17) is 13.9 Å². The van der Waals surface area contributed by atoms with E-state index in [1.807, 2.05) is 36.4 Å². The van der Waals surface area contributed by atoms with E-state index in [0.717, 1.165) is 10.8 Å². The van der Waals surface area contributed by atoms with Crippen LogP contribution in [0, 0.1) is 10.1 Å². The number of ether oxygens (including phenoxy) is 2. The highest BCUT2D eigenvalue weighted by atomic mass is 32.1. The molecule has 0 N–H and O–H groups in total. The third-order valence-electron chi connectivity index (χ3n) is 7.20. The van der Waals surface area contributed by atoms with Gasteiger partial charge in [0.15, 0.2) is 4.80 Å². The molecule has 0 amide bonds. The number of fused-ring (bicyclic) bond motifs is 2. The van der Waals surface area contributed by atoms with E-state index in [1.165, 1.54) is 28.0 Å². The van der Waals surface area contributed by atoms with Crippen molar-refractivity contribution in [2.75, 3.05) is 13.7 Å². The van der Waals surface area contributed by atoms with Crippen LogP contribution in [-0.2, 0) is 9.53 Å². The number of methoxy groups -OCH3 is 1. The molecule has 0 saturated carbocycles. The number of esters is 1. The number of carbonyl (C=O) groups is 1. The van der Waals surface area contributed by atoms with E-state index in [9.17, 15) is 19.7 Å². The second-order valence-electron chi connectivity index (χ2n) is 9.71. The Morgan fingerprint density at radius 2 is 1.88 bits per heavy atom. The molecule has 1 atom stereocenters. The van der Waals surface area contributed by atoms with Crippen molar-refractivity contribution in [2.24, 2.45) is 4.99 Å². The summed E-state index contributed by atoms with van der Waals surface area (Å²) in [6.45, 7) is 3.62. The monoisotopic (exact) mass is 595 g/mol. The summed E-state index contributed by atoms with van der Waals surface area (Å²) in [7, 11) is 1.55. The van der Waals surface area contributed by atoms with Gasteiger partial charge in [-0.2, -0.15) is 0 Å². The van der Waals surface area contributed by atoms with Crippen molar-refractivity contribution >= 4 is 39.8 Å². The molecule has 10 nitrogen and oxygen atoms in total. The van der Waals surface area contributed by atoms with E-state index in [-0.39, 0.29) is 23.4 Å². The fourth-order valence-electron chi connectivity index (χ4n) is 5.26. The molecule has 0 bridgehead atoms. The van der Waals surface area contributed by atoms with E-state index >= 15 is 0 Å². The number of carbonyl (C=O) groups excluding carboxylic acids is 1. The number of hydrogen-bond acceptors (Lipinski definition) is 9. The number of nitro benzene ring substituents is 1. The number of nitro groups is 1. The van der Waals surface area contributed by atoms with Crippen molar-refractivity contribution in [1.82, 2.24) is 4.57 Å². The van der Waals surface area contributed by atoms with Crippen LogP contribution in [0.1, 0.15) is 31.2 Å². The Kier molecular flexibility index (Phi) is 7.24. The lowest BCUT2D eigenvalue weighted by atomic mass is 9.90. The van der Waals surface area contributed by atoms with Crippen molar-refractivity contribution in [3.8, 4) is 17.1 Å². The number of furan rings is 1. The Morgan fingerprint density at radius 1 is 1.12 bits per heavy atom. The third-order valence-corrected chi connectivity index (χ3v) is 8.19. The van der Waals surface area contributed by atoms with Crippen LogP contribution in [0.2, 0.25) is 0 Å². The number of non-ortho nitro benzene ring substituents is 1. The van der Waals surface area contributed by atoms with Gasteiger partial charge >= 0.3 is 5.97 Å². The molecule has 216 valence electrons. The zero-order valence-corrected chi connectivity index (χ0v) is 24.2. The topological polar surface area (TPSA) is 126 Å². The molecule has 0 fully saturated rings. The van der Waals surface area contributed by atoms with Gasteiger partial charge < -0.3 is 13.9 Å². The Morgan fingerprint density at radius 3 is 2.60 bits per heavy atom. The maximum absolute atomic E-state index is 14.1. The Labute approximate surface area is 248 Å². The number of thiazole rings is 1. The quantitative estimate of drug-likeness (QED) is 0.145. The molecule has 43 heavy (non-hydrogen) atoms. The van der Waals surface area contributed by atoms with E-state index in [2.05, 4.69) is 4.99 Å². The van der Waals surface area contributed by atoms with Gasteiger partial charge in [-0.3, -0.25) is 19.5 Å². The highest BCUT2D eigenvalue weighted by molar-refractivity contribution is 7.07. The molecule has 11 heteroatoms. The maximum atomic E-state index is 14.1. The van der Waals surface area contributed by atoms with Crippen LogP contribution in [0.15, 0.2) is 98.3 Å². The summed E-state index contributed by atoms with van der Waals surface area (Å²) >= 11 is 1.18. The smallest absolute Gasteiger partial charge is 0.338 e. The Bertz CT molecular complexity index is 2120. The van der Waals surface area contributed by atoms with Gasteiger partial charge in [-0.25, -0.2) is 9.79 Å². The molecule has 0 aliphatic carbocycles. The highest BCUT2D eigenvalue weighted by Crippen LogP contribution is 2.40. The predicted octanol–water partition coefficient (Wildman–Crippen LogP) is 5.13. The Hall–Kier alpha value is -5.29. The molecule has 2 aromatic heterocycles. The number of benzene rings is 3. The van der Waals surface area contributed by atoms with Gasteiger partial charge in [0, 0.05) is 29.3 Å². The molecule has 5 aromatic rings. The SMILES string of the molecule is CCOC(=O)C1=C(C)N=c2s/c(=C/c3ccc(-c4ccc([N+](=O)[O-])cc4)o3)c(=O)n2[C@H]1c1c(OC)ccc2ccccc12. The van der Waals surface area contributed by atoms with Gasteiger partial charge in [-0.05, 0) is 55.0 Å². The van der Waals surface area contributed by atoms with Crippen molar-refractivity contribution in [3.05, 3.63) is 125 Å². The summed E-state index contributed by atoms with van der Waals surface area (Å²) in [4.78, 5) is 43.1. The molecular weight excluding hydrogens is 570 g/mol. The lowest BCUT2D eigenvalue weighted by molar-refractivity contribution is -0.384. The highest BCUT2D eigenvalue weighted by Gasteiger charge is 2.36. The number of rotatable bonds is 7. The largest absolute Gasteiger partial charge is 0.496 e. The Balaban J connectivity index is 1.53. The molecule has 3 heterocycles. The number of hydrogen-bond donors (Lipinski definition) is 0. The van der Waals surface area contributed by atoms with E-state index < -0.39 is 16.9 Å². The van der Waals surface area contributed by atoms with Crippen LogP contribution in [0.4, 0.5) is 5.69 Å². The summed E-state index contributed by atoms with van der Waals surface area (Å²) < 4.78 is 19.1. The van der Waals surface area contributed by atoms with Gasteiger partial charge in [0.25, 0.3) is 11.2 Å². The predicted molar refractivity (Wildman–Crippen MR) is 162 cm³/mol. The van der Waals surface area contributed by atoms with Crippen molar-refractivity contribution in [3.63, 3.8) is 0 Å². The average molecular weight is 596 g/mol. The molecule has 0 radical (unpaired) electrons. The number of nitrogens with zero attached hydrogens (tertiary/aromatic N) is 3. The van der Waals surface area contributed by atoms with Gasteiger partial charge in [-0.15, -0.1) is 0 Å². The zero-order chi connectivity index (χ0) is 30.2. The first-order valence-electron chi connectivity index (χ1n) is 13.4. The maximum Gasteiger partial charge on any atom is 0.338 e. The molecule has 0 unspecified atom stereocenters. The second kappa shape index (κ2) is 11.2. The van der Waals surface area contributed by atoms with E-state index in [1.54, 1.807) is 51.3 Å². The van der Waals surface area contributed by atoms with Crippen LogP contribution in [-0.4, -0.2) is 29.2 Å². The minimum Gasteiger partial charge on any atom is -0.496 e. The normalized spacial score (nSPS) is 14.9. The molecule has 1 aliphatic rings. The molecule has 1 aliphatic heterocycles.